The lowest BCUT2D eigenvalue weighted by atomic mass is 10.0. The first-order valence-electron chi connectivity index (χ1n) is 9.24. The van der Waals surface area contributed by atoms with Crippen molar-refractivity contribution >= 4 is 29.4 Å². The van der Waals surface area contributed by atoms with Crippen LogP contribution in [0, 0.1) is 0 Å². The minimum absolute atomic E-state index is 0.134. The monoisotopic (exact) mass is 389 g/mol. The molecule has 9 heteroatoms. The summed E-state index contributed by atoms with van der Waals surface area (Å²) in [6.45, 7) is -0.197. The molecule has 28 heavy (non-hydrogen) atoms. The third kappa shape index (κ3) is 4.41. The fourth-order valence-corrected chi connectivity index (χ4v) is 3.42. The molecular weight excluding hydrogens is 366 g/mol. The molecule has 0 bridgehead atoms. The minimum Gasteiger partial charge on any atom is -0.491 e. The molecule has 1 saturated heterocycles. The zero-order valence-electron chi connectivity index (χ0n) is 15.5. The maximum Gasteiger partial charge on any atom is 0.326 e. The van der Waals surface area contributed by atoms with Crippen molar-refractivity contribution in [2.24, 2.45) is 5.73 Å². The van der Waals surface area contributed by atoms with Crippen molar-refractivity contribution in [3.05, 3.63) is 24.3 Å². The molecule has 0 aromatic heterocycles. The van der Waals surface area contributed by atoms with Crippen molar-refractivity contribution in [1.29, 1.82) is 0 Å². The zero-order chi connectivity index (χ0) is 20.1. The number of carbonyl (C=O) groups is 4. The Bertz CT molecular complexity index is 781. The number of fused-ring (bicyclic) bond motifs is 1. The van der Waals surface area contributed by atoms with Crippen molar-refractivity contribution in [1.82, 2.24) is 4.90 Å². The summed E-state index contributed by atoms with van der Waals surface area (Å²) < 4.78 is 10.6. The second-order valence-electron chi connectivity index (χ2n) is 6.71. The Morgan fingerprint density at radius 3 is 2.79 bits per heavy atom. The molecule has 1 aromatic rings. The molecule has 150 valence electrons. The van der Waals surface area contributed by atoms with Gasteiger partial charge in [0.1, 0.15) is 18.3 Å². The van der Waals surface area contributed by atoms with Crippen LogP contribution in [0.15, 0.2) is 24.3 Å². The van der Waals surface area contributed by atoms with Gasteiger partial charge in [-0.25, -0.2) is 0 Å². The molecule has 9 nitrogen and oxygen atoms in total. The number of benzene rings is 1. The number of nitrogens with zero attached hydrogens (tertiary/aromatic N) is 2. The van der Waals surface area contributed by atoms with Crippen molar-refractivity contribution in [3.63, 3.8) is 0 Å². The average Bonchev–Trinajstić information content (AvgIpc) is 2.85. The number of amides is 3. The van der Waals surface area contributed by atoms with E-state index in [2.05, 4.69) is 0 Å². The Balaban J connectivity index is 1.60. The predicted molar refractivity (Wildman–Crippen MR) is 98.4 cm³/mol. The van der Waals surface area contributed by atoms with Gasteiger partial charge in [-0.2, -0.15) is 0 Å². The Hall–Kier alpha value is -3.10. The number of likely N-dealkylation sites (tertiary alicyclic amines) is 1. The van der Waals surface area contributed by atoms with Gasteiger partial charge < -0.3 is 20.1 Å². The molecular formula is C19H23N3O6. The SMILES string of the molecule is NC(=O)[C@H]1CCCCN1C(=O)COC(=O)CN1C(=O)CCOc2ccccc21. The Morgan fingerprint density at radius 1 is 1.21 bits per heavy atom. The first kappa shape index (κ1) is 19.7. The molecule has 0 aliphatic carbocycles. The predicted octanol–water partition coefficient (Wildman–Crippen LogP) is 0.212. The molecule has 2 heterocycles. The summed E-state index contributed by atoms with van der Waals surface area (Å²) in [5.41, 5.74) is 5.84. The van der Waals surface area contributed by atoms with E-state index >= 15 is 0 Å². The topological polar surface area (TPSA) is 119 Å². The smallest absolute Gasteiger partial charge is 0.326 e. The fourth-order valence-electron chi connectivity index (χ4n) is 3.42. The number of piperidine rings is 1. The van der Waals surface area contributed by atoms with Gasteiger partial charge in [-0.3, -0.25) is 24.1 Å². The summed E-state index contributed by atoms with van der Waals surface area (Å²) in [5, 5.41) is 0. The third-order valence-electron chi connectivity index (χ3n) is 4.83. The number of para-hydroxylation sites is 2. The second-order valence-corrected chi connectivity index (χ2v) is 6.71. The molecule has 3 amide bonds. The van der Waals surface area contributed by atoms with Crippen molar-refractivity contribution in [2.75, 3.05) is 31.2 Å². The van der Waals surface area contributed by atoms with Gasteiger partial charge in [-0.1, -0.05) is 12.1 Å². The lowest BCUT2D eigenvalue weighted by molar-refractivity contribution is -0.154. The number of anilines is 1. The van der Waals surface area contributed by atoms with Gasteiger partial charge in [0.25, 0.3) is 5.91 Å². The number of rotatable bonds is 5. The molecule has 0 saturated carbocycles. The standard InChI is InChI=1S/C19H23N3O6/c20-19(26)14-6-3-4-9-21(14)17(24)12-28-18(25)11-22-13-5-1-2-7-15(13)27-10-8-16(22)23/h1-2,5,7,14H,3-4,6,8-12H2,(H2,20,26)/t14-/m1/s1. The summed E-state index contributed by atoms with van der Waals surface area (Å²) in [6, 6.07) is 6.25. The summed E-state index contributed by atoms with van der Waals surface area (Å²) in [6.07, 6.45) is 2.22. The number of primary amides is 1. The van der Waals surface area contributed by atoms with Gasteiger partial charge in [0.15, 0.2) is 6.61 Å². The van der Waals surface area contributed by atoms with Crippen LogP contribution in [0.4, 0.5) is 5.69 Å². The summed E-state index contributed by atoms with van der Waals surface area (Å²) in [5.74, 6) is -1.51. The third-order valence-corrected chi connectivity index (χ3v) is 4.83. The summed E-state index contributed by atoms with van der Waals surface area (Å²) in [7, 11) is 0. The molecule has 2 aliphatic heterocycles. The Labute approximate surface area is 162 Å². The van der Waals surface area contributed by atoms with Gasteiger partial charge in [0.05, 0.1) is 18.7 Å². The van der Waals surface area contributed by atoms with Crippen molar-refractivity contribution in [2.45, 2.75) is 31.7 Å². The van der Waals surface area contributed by atoms with Crippen LogP contribution in [0.1, 0.15) is 25.7 Å². The van der Waals surface area contributed by atoms with Crippen LogP contribution in [0.2, 0.25) is 0 Å². The number of ether oxygens (including phenoxy) is 2. The van der Waals surface area contributed by atoms with Crippen LogP contribution >= 0.6 is 0 Å². The molecule has 1 aromatic carbocycles. The highest BCUT2D eigenvalue weighted by Gasteiger charge is 2.31. The number of esters is 1. The minimum atomic E-state index is -0.717. The van der Waals surface area contributed by atoms with E-state index in [9.17, 15) is 19.2 Å². The van der Waals surface area contributed by atoms with Crippen LogP contribution in [0.3, 0.4) is 0 Å². The summed E-state index contributed by atoms with van der Waals surface area (Å²) in [4.78, 5) is 51.1. The average molecular weight is 389 g/mol. The highest BCUT2D eigenvalue weighted by atomic mass is 16.5. The van der Waals surface area contributed by atoms with Crippen LogP contribution in [0.5, 0.6) is 5.75 Å². The maximum absolute atomic E-state index is 12.4. The summed E-state index contributed by atoms with van der Waals surface area (Å²) >= 11 is 0. The van der Waals surface area contributed by atoms with Gasteiger partial charge in [0.2, 0.25) is 11.8 Å². The molecule has 1 fully saturated rings. The van der Waals surface area contributed by atoms with E-state index < -0.39 is 30.4 Å². The first-order chi connectivity index (χ1) is 13.5. The molecule has 3 rings (SSSR count). The Morgan fingerprint density at radius 2 is 2.00 bits per heavy atom. The van der Waals surface area contributed by atoms with E-state index in [4.69, 9.17) is 15.2 Å². The van der Waals surface area contributed by atoms with E-state index in [0.717, 1.165) is 12.8 Å². The molecule has 2 N–H and O–H groups in total. The molecule has 0 radical (unpaired) electrons. The number of carbonyl (C=O) groups excluding carboxylic acids is 4. The van der Waals surface area contributed by atoms with E-state index in [1.165, 1.54) is 9.80 Å². The molecule has 2 aliphatic rings. The normalized spacial score (nSPS) is 19.3. The van der Waals surface area contributed by atoms with Gasteiger partial charge in [-0.05, 0) is 31.4 Å². The Kier molecular flexibility index (Phi) is 6.13. The lowest BCUT2D eigenvalue weighted by Crippen LogP contribution is -2.51. The van der Waals surface area contributed by atoms with E-state index in [0.29, 0.717) is 24.4 Å². The number of nitrogens with two attached hydrogens (primary N) is 1. The van der Waals surface area contributed by atoms with Crippen molar-refractivity contribution < 1.29 is 28.7 Å². The number of hydrogen-bond acceptors (Lipinski definition) is 6. The van der Waals surface area contributed by atoms with Crippen LogP contribution in [-0.4, -0.2) is 60.9 Å². The van der Waals surface area contributed by atoms with Crippen LogP contribution in [-0.2, 0) is 23.9 Å². The zero-order valence-corrected chi connectivity index (χ0v) is 15.5. The second kappa shape index (κ2) is 8.73. The van der Waals surface area contributed by atoms with E-state index in [-0.39, 0.29) is 25.5 Å². The maximum atomic E-state index is 12.4. The lowest BCUT2D eigenvalue weighted by Gasteiger charge is -2.33. The van der Waals surface area contributed by atoms with Gasteiger partial charge >= 0.3 is 5.97 Å². The van der Waals surface area contributed by atoms with E-state index in [1.807, 2.05) is 0 Å². The largest absolute Gasteiger partial charge is 0.491 e. The molecule has 1 atom stereocenters. The number of hydrogen-bond donors (Lipinski definition) is 1. The van der Waals surface area contributed by atoms with Crippen LogP contribution in [0.25, 0.3) is 0 Å². The first-order valence-corrected chi connectivity index (χ1v) is 9.24. The van der Waals surface area contributed by atoms with Crippen molar-refractivity contribution in [3.8, 4) is 5.75 Å². The van der Waals surface area contributed by atoms with E-state index in [1.54, 1.807) is 24.3 Å². The van der Waals surface area contributed by atoms with Gasteiger partial charge in [0, 0.05) is 6.54 Å². The van der Waals surface area contributed by atoms with Gasteiger partial charge in [-0.15, -0.1) is 0 Å². The highest BCUT2D eigenvalue weighted by Crippen LogP contribution is 2.30. The fraction of sp³-hybridized carbons (Fsp3) is 0.474. The molecule has 0 spiro atoms. The van der Waals surface area contributed by atoms with Crippen LogP contribution < -0.4 is 15.4 Å². The molecule has 0 unspecified atom stereocenters. The quantitative estimate of drug-likeness (QED) is 0.719. The highest BCUT2D eigenvalue weighted by molar-refractivity contribution is 5.99.